The Kier molecular flexibility index (Phi) is 35.0. The molecule has 1 aliphatic heterocycles. The number of rotatable bonds is 41. The average molecular weight is 1080 g/mol. The second-order valence-electron chi connectivity index (χ2n) is 17.6. The predicted molar refractivity (Wildman–Crippen MR) is 282 cm³/mol. The normalized spacial score (nSPS) is 20.4. The molecule has 0 bridgehead atoms. The summed E-state index contributed by atoms with van der Waals surface area (Å²) in [5.74, 6) is -1.53. The fourth-order valence-corrected chi connectivity index (χ4v) is 9.18. The van der Waals surface area contributed by atoms with Gasteiger partial charge >= 0.3 is 33.3 Å². The van der Waals surface area contributed by atoms with Crippen LogP contribution in [0.15, 0.2) is 102 Å². The minimum atomic E-state index is -5.48. The van der Waals surface area contributed by atoms with Crippen LogP contribution in [0.4, 0.5) is 5.82 Å². The molecule has 1 aromatic heterocycles. The molecule has 0 spiro atoms. The van der Waals surface area contributed by atoms with E-state index in [1.54, 1.807) is 6.08 Å². The highest BCUT2D eigenvalue weighted by Crippen LogP contribution is 2.60. The van der Waals surface area contributed by atoms with Gasteiger partial charge in [-0.15, -0.1) is 0 Å². The van der Waals surface area contributed by atoms with E-state index in [1.807, 2.05) is 30.4 Å². The van der Waals surface area contributed by atoms with E-state index in [0.29, 0.717) is 38.5 Å². The number of aromatic nitrogens is 2. The third-order valence-electron chi connectivity index (χ3n) is 11.2. The summed E-state index contributed by atoms with van der Waals surface area (Å²) >= 11 is 0. The van der Waals surface area contributed by atoms with Crippen LogP contribution in [-0.2, 0) is 46.3 Å². The van der Waals surface area contributed by atoms with E-state index in [0.717, 1.165) is 81.4 Å². The van der Waals surface area contributed by atoms with Crippen molar-refractivity contribution < 1.29 is 76.5 Å². The summed E-state index contributed by atoms with van der Waals surface area (Å²) in [4.78, 5) is 61.9. The van der Waals surface area contributed by atoms with E-state index in [-0.39, 0.29) is 25.1 Å². The third-order valence-corrected chi connectivity index (χ3v) is 13.8. The summed E-state index contributed by atoms with van der Waals surface area (Å²) in [5.41, 5.74) is 4.56. The number of hydrogen-bond donors (Lipinski definition) is 7. The number of nitrogens with two attached hydrogens (primary N) is 1. The molecule has 2 rings (SSSR count). The zero-order chi connectivity index (χ0) is 54.5. The Balaban J connectivity index is 1.87. The van der Waals surface area contributed by atoms with Gasteiger partial charge in [0.2, 0.25) is 0 Å². The summed E-state index contributed by atoms with van der Waals surface area (Å²) in [7, 11) is -11.0. The fourth-order valence-electron chi connectivity index (χ4n) is 7.07. The summed E-state index contributed by atoms with van der Waals surface area (Å²) in [6.45, 7) is 1.75. The van der Waals surface area contributed by atoms with Gasteiger partial charge in [0.1, 0.15) is 30.7 Å². The maximum atomic E-state index is 12.9. The monoisotopic (exact) mass is 1080 g/mol. The van der Waals surface area contributed by atoms with Crippen molar-refractivity contribution in [1.29, 1.82) is 0 Å². The lowest BCUT2D eigenvalue weighted by Crippen LogP contribution is -2.36. The van der Waals surface area contributed by atoms with Crippen LogP contribution < -0.4 is 11.4 Å². The Labute approximate surface area is 436 Å². The van der Waals surface area contributed by atoms with Crippen molar-refractivity contribution in [3.8, 4) is 0 Å². The molecule has 74 heavy (non-hydrogen) atoms. The van der Waals surface area contributed by atoms with Crippen LogP contribution in [0.5, 0.6) is 0 Å². The maximum Gasteiger partial charge on any atom is 0.481 e. The Morgan fingerprint density at radius 3 is 1.92 bits per heavy atom. The van der Waals surface area contributed by atoms with Gasteiger partial charge in [-0.05, 0) is 83.1 Å². The Morgan fingerprint density at radius 1 is 0.716 bits per heavy atom. The second-order valence-corrected chi connectivity index (χ2v) is 20.6. The maximum absolute atomic E-state index is 12.9. The van der Waals surface area contributed by atoms with E-state index < -0.39 is 95.9 Å². The first-order valence-corrected chi connectivity index (χ1v) is 28.8. The molecular weight excluding hydrogens is 1000 g/mol. The first-order valence-electron chi connectivity index (χ1n) is 25.8. The lowest BCUT2D eigenvalue weighted by Gasteiger charge is -2.21. The quantitative estimate of drug-likeness (QED) is 0.0140. The third kappa shape index (κ3) is 31.0. The smallest absolute Gasteiger partial charge is 0.462 e. The topological polar surface area (TPSA) is 306 Å². The van der Waals surface area contributed by atoms with Crippen molar-refractivity contribution in [2.45, 2.75) is 185 Å². The van der Waals surface area contributed by atoms with Crippen LogP contribution in [0, 0.1) is 0 Å². The van der Waals surface area contributed by atoms with Gasteiger partial charge in [-0.2, -0.15) is 9.29 Å². The first-order chi connectivity index (χ1) is 35.5. The summed E-state index contributed by atoms with van der Waals surface area (Å²) in [6.07, 6.45) is 34.1. The minimum Gasteiger partial charge on any atom is -0.462 e. The number of nitrogen functional groups attached to an aromatic ring is 1. The SMILES string of the molecule is CC/C=C\C/C=C\C/C=C\C/C=C\C/C=C\C/C=C\CCC(=O)O[C@H](COC(=O)CCCCCCC[C@@H](O)[C@H](O)C/C=C\CCCCC)COP(=O)(O)OP(=O)(O)OC[C@H]1O[C@@H](n2ccc(N)nc2=O)[C@H](O)[C@@H]1O. The zero-order valence-corrected chi connectivity index (χ0v) is 44.9. The highest BCUT2D eigenvalue weighted by Gasteiger charge is 2.46. The number of unbranched alkanes of at least 4 members (excludes halogenated alkanes) is 7. The van der Waals surface area contributed by atoms with Gasteiger partial charge in [0, 0.05) is 19.0 Å². The number of aliphatic hydroxyl groups excluding tert-OH is 4. The molecule has 418 valence electrons. The number of anilines is 1. The van der Waals surface area contributed by atoms with Gasteiger partial charge in [0.05, 0.1) is 25.4 Å². The molecule has 22 heteroatoms. The number of phosphoric ester groups is 2. The van der Waals surface area contributed by atoms with E-state index in [9.17, 15) is 53.7 Å². The molecule has 9 atom stereocenters. The first kappa shape index (κ1) is 66.0. The standard InChI is InChI=1S/C52H83N3O17P2/c1-3-5-7-9-11-12-13-14-15-16-17-18-19-20-21-22-23-27-32-36-48(59)70-42(39-67-47(58)35-31-28-24-26-30-34-44(57)43(56)33-29-25-10-8-6-4-2)40-68-73(63,64)72-74(65,66)69-41-45-49(60)50(61)51(71-45)55-38-37-46(53)54-52(55)62/h5,7,11-12,14-15,17-18,20-21,23,25,27,29,37-38,42-45,49-51,56-57,60-61H,3-4,6,8-10,13,16,19,22,24,26,28,30-36,39-41H2,1-2H3,(H,63,64)(H,65,66)(H2,53,54,62)/b7-5-,12-11-,15-14-,18-17-,21-20-,27-23-,29-25-/t42-,43-,44-,45-,49-,50-,51-/m1/s1. The molecule has 1 saturated heterocycles. The molecule has 0 saturated carbocycles. The molecule has 2 heterocycles. The van der Waals surface area contributed by atoms with Crippen LogP contribution in [-0.4, -0.2) is 108 Å². The molecular formula is C52H83N3O17P2. The summed E-state index contributed by atoms with van der Waals surface area (Å²) in [5, 5.41) is 41.5. The molecule has 8 N–H and O–H groups in total. The molecule has 0 aromatic carbocycles. The van der Waals surface area contributed by atoms with E-state index in [4.69, 9.17) is 29.0 Å². The number of carbonyl (C=O) groups excluding carboxylic acids is 2. The van der Waals surface area contributed by atoms with Crippen LogP contribution in [0.3, 0.4) is 0 Å². The van der Waals surface area contributed by atoms with Crippen LogP contribution in [0.25, 0.3) is 0 Å². The Morgan fingerprint density at radius 2 is 1.30 bits per heavy atom. The second kappa shape index (κ2) is 39.3. The number of nitrogens with zero attached hydrogens (tertiary/aromatic N) is 2. The van der Waals surface area contributed by atoms with Crippen molar-refractivity contribution in [1.82, 2.24) is 9.55 Å². The molecule has 1 aliphatic rings. The number of ether oxygens (including phenoxy) is 3. The van der Waals surface area contributed by atoms with E-state index in [2.05, 4.69) is 71.8 Å². The van der Waals surface area contributed by atoms with Crippen molar-refractivity contribution in [2.24, 2.45) is 0 Å². The number of phosphoric acid groups is 2. The highest BCUT2D eigenvalue weighted by atomic mass is 31.3. The van der Waals surface area contributed by atoms with Gasteiger partial charge in [0.15, 0.2) is 12.3 Å². The lowest BCUT2D eigenvalue weighted by atomic mass is 10.0. The minimum absolute atomic E-state index is 0.00750. The van der Waals surface area contributed by atoms with Crippen LogP contribution in [0.1, 0.15) is 148 Å². The number of aliphatic hydroxyl groups is 4. The number of allylic oxidation sites excluding steroid dienone is 13. The van der Waals surface area contributed by atoms with Crippen molar-refractivity contribution in [3.05, 3.63) is 108 Å². The van der Waals surface area contributed by atoms with E-state index in [1.165, 1.54) is 6.07 Å². The molecule has 0 radical (unpaired) electrons. The van der Waals surface area contributed by atoms with E-state index >= 15 is 0 Å². The largest absolute Gasteiger partial charge is 0.481 e. The molecule has 20 nitrogen and oxygen atoms in total. The number of esters is 2. The highest BCUT2D eigenvalue weighted by molar-refractivity contribution is 7.61. The van der Waals surface area contributed by atoms with Crippen LogP contribution >= 0.6 is 15.6 Å². The van der Waals surface area contributed by atoms with Gasteiger partial charge < -0.3 is 50.2 Å². The molecule has 2 unspecified atom stereocenters. The summed E-state index contributed by atoms with van der Waals surface area (Å²) in [6, 6.07) is 1.23. The number of hydrogen-bond acceptors (Lipinski definition) is 17. The molecule has 1 aromatic rings. The summed E-state index contributed by atoms with van der Waals surface area (Å²) < 4.78 is 56.6. The predicted octanol–water partition coefficient (Wildman–Crippen LogP) is 8.61. The molecule has 0 amide bonds. The molecule has 0 aliphatic carbocycles. The molecule has 1 fully saturated rings. The zero-order valence-electron chi connectivity index (χ0n) is 43.1. The van der Waals surface area contributed by atoms with Gasteiger partial charge in [-0.3, -0.25) is 23.2 Å². The van der Waals surface area contributed by atoms with Gasteiger partial charge in [-0.1, -0.05) is 137 Å². The lowest BCUT2D eigenvalue weighted by molar-refractivity contribution is -0.161. The Hall–Kier alpha value is -4.14. The number of carbonyl (C=O) groups is 2. The van der Waals surface area contributed by atoms with Crippen molar-refractivity contribution in [2.75, 3.05) is 25.6 Å². The fraction of sp³-hybridized carbons (Fsp3) is 0.615. The Bertz CT molecular complexity index is 2110. The van der Waals surface area contributed by atoms with Gasteiger partial charge in [-0.25, -0.2) is 13.9 Å². The van der Waals surface area contributed by atoms with Crippen molar-refractivity contribution >= 4 is 33.4 Å². The average Bonchev–Trinajstić information content (AvgIpc) is 3.63. The van der Waals surface area contributed by atoms with Crippen LogP contribution in [0.2, 0.25) is 0 Å². The van der Waals surface area contributed by atoms with Crippen molar-refractivity contribution in [3.63, 3.8) is 0 Å². The van der Waals surface area contributed by atoms with Gasteiger partial charge in [0.25, 0.3) is 0 Å².